The number of aliphatic hydroxyl groups is 1. The Hall–Kier alpha value is -1.29. The van der Waals surface area contributed by atoms with Gasteiger partial charge in [-0.05, 0) is 57.3 Å². The van der Waals surface area contributed by atoms with Crippen molar-refractivity contribution in [2.24, 2.45) is 28.6 Å². The number of aliphatic hydroxyl groups excluding tert-OH is 1. The van der Waals surface area contributed by atoms with Crippen LogP contribution >= 0.6 is 0 Å². The smallest absolute Gasteiger partial charge is 0.146 e. The zero-order chi connectivity index (χ0) is 18.4. The fourth-order valence-corrected chi connectivity index (χ4v) is 5.95. The van der Waals surface area contributed by atoms with Crippen LogP contribution in [0.5, 0.6) is 0 Å². The molecule has 0 saturated heterocycles. The Balaban J connectivity index is 1.93. The zero-order valence-electron chi connectivity index (χ0n) is 15.6. The van der Waals surface area contributed by atoms with Crippen molar-refractivity contribution in [3.05, 3.63) is 11.6 Å². The van der Waals surface area contributed by atoms with Gasteiger partial charge in [0, 0.05) is 36.7 Å². The van der Waals surface area contributed by atoms with E-state index < -0.39 is 5.41 Å². The molecule has 3 aliphatic rings. The van der Waals surface area contributed by atoms with Gasteiger partial charge in [0.05, 0.1) is 0 Å². The molecule has 0 radical (unpaired) electrons. The van der Waals surface area contributed by atoms with Gasteiger partial charge < -0.3 is 5.11 Å². The van der Waals surface area contributed by atoms with Gasteiger partial charge in [0.1, 0.15) is 17.3 Å². The minimum absolute atomic E-state index is 0.0462. The highest BCUT2D eigenvalue weighted by molar-refractivity contribution is 5.96. The largest absolute Gasteiger partial charge is 0.396 e. The van der Waals surface area contributed by atoms with Crippen molar-refractivity contribution in [3.63, 3.8) is 0 Å². The molecular weight excluding hydrogens is 316 g/mol. The molecule has 2 fully saturated rings. The highest BCUT2D eigenvalue weighted by atomic mass is 16.3. The molecule has 0 bridgehead atoms. The molecule has 5 atom stereocenters. The molecular formula is C21H30O4. The molecule has 138 valence electrons. The Kier molecular flexibility index (Phi) is 4.78. The van der Waals surface area contributed by atoms with E-state index in [2.05, 4.69) is 13.0 Å². The topological polar surface area (TPSA) is 71.4 Å². The van der Waals surface area contributed by atoms with E-state index in [0.717, 1.165) is 18.4 Å². The molecule has 1 N–H and O–H groups in total. The van der Waals surface area contributed by atoms with E-state index in [9.17, 15) is 19.5 Å². The standard InChI is InChI=1S/C21H30O4/c1-13(23)17-6-7-18(21(17,3)10-11-22)16-5-4-14-12-15(24)8-9-20(14,2)19(16)25/h4,16-18,22H,5-12H2,1-3H3. The molecule has 4 nitrogen and oxygen atoms in total. The summed E-state index contributed by atoms with van der Waals surface area (Å²) in [6.45, 7) is 5.77. The summed E-state index contributed by atoms with van der Waals surface area (Å²) in [5.74, 6) is 0.639. The molecule has 0 aromatic heterocycles. The maximum Gasteiger partial charge on any atom is 0.146 e. The molecule has 5 unspecified atom stereocenters. The Bertz CT molecular complexity index is 634. The molecule has 2 saturated carbocycles. The summed E-state index contributed by atoms with van der Waals surface area (Å²) >= 11 is 0. The summed E-state index contributed by atoms with van der Waals surface area (Å²) in [6.07, 6.45) is 6.58. The third kappa shape index (κ3) is 2.83. The molecule has 3 rings (SSSR count). The first-order valence-electron chi connectivity index (χ1n) is 9.61. The number of fused-ring (bicyclic) bond motifs is 1. The average Bonchev–Trinajstić information content (AvgIpc) is 2.87. The van der Waals surface area contributed by atoms with Crippen molar-refractivity contribution in [1.29, 1.82) is 0 Å². The fourth-order valence-electron chi connectivity index (χ4n) is 5.95. The minimum Gasteiger partial charge on any atom is -0.396 e. The van der Waals surface area contributed by atoms with Gasteiger partial charge >= 0.3 is 0 Å². The van der Waals surface area contributed by atoms with Crippen LogP contribution in [0.4, 0.5) is 0 Å². The molecule has 0 spiro atoms. The van der Waals surface area contributed by atoms with Crippen molar-refractivity contribution in [3.8, 4) is 0 Å². The van der Waals surface area contributed by atoms with Crippen LogP contribution in [-0.4, -0.2) is 29.1 Å². The highest BCUT2D eigenvalue weighted by Crippen LogP contribution is 2.57. The van der Waals surface area contributed by atoms with Crippen LogP contribution in [0, 0.1) is 28.6 Å². The average molecular weight is 346 g/mol. The van der Waals surface area contributed by atoms with Crippen molar-refractivity contribution < 1.29 is 19.5 Å². The van der Waals surface area contributed by atoms with Crippen LogP contribution in [0.3, 0.4) is 0 Å². The van der Waals surface area contributed by atoms with E-state index in [0.29, 0.717) is 32.1 Å². The third-order valence-corrected chi connectivity index (χ3v) is 7.54. The quantitative estimate of drug-likeness (QED) is 0.793. The van der Waals surface area contributed by atoms with Crippen LogP contribution in [0.25, 0.3) is 0 Å². The second-order valence-corrected chi connectivity index (χ2v) is 8.81. The number of carbonyl (C=O) groups excluding carboxylic acids is 3. The van der Waals surface area contributed by atoms with E-state index in [-0.39, 0.29) is 47.1 Å². The summed E-state index contributed by atoms with van der Waals surface area (Å²) < 4.78 is 0. The lowest BCUT2D eigenvalue weighted by Crippen LogP contribution is -2.47. The number of Topliss-reactive ketones (excluding diaryl/α,β-unsaturated/α-hetero) is 3. The number of hydrogen-bond acceptors (Lipinski definition) is 4. The third-order valence-electron chi connectivity index (χ3n) is 7.54. The number of ketones is 3. The summed E-state index contributed by atoms with van der Waals surface area (Å²) in [4.78, 5) is 37.4. The van der Waals surface area contributed by atoms with E-state index in [1.165, 1.54) is 0 Å². The summed E-state index contributed by atoms with van der Waals surface area (Å²) in [5.41, 5.74) is 0.188. The number of allylic oxidation sites excluding steroid dienone is 2. The number of hydrogen-bond donors (Lipinski definition) is 1. The van der Waals surface area contributed by atoms with Crippen LogP contribution in [0.2, 0.25) is 0 Å². The fraction of sp³-hybridized carbons (Fsp3) is 0.762. The highest BCUT2D eigenvalue weighted by Gasteiger charge is 2.55. The lowest BCUT2D eigenvalue weighted by atomic mass is 9.56. The van der Waals surface area contributed by atoms with Gasteiger partial charge in [-0.1, -0.05) is 18.6 Å². The molecule has 3 aliphatic carbocycles. The summed E-state index contributed by atoms with van der Waals surface area (Å²) in [6, 6.07) is 0. The SMILES string of the molecule is CC(=O)C1CCC(C2CC=C3CC(=O)CCC3(C)C2=O)C1(C)CCO. The summed E-state index contributed by atoms with van der Waals surface area (Å²) in [7, 11) is 0. The molecule has 0 heterocycles. The van der Waals surface area contributed by atoms with Gasteiger partial charge in [0.2, 0.25) is 0 Å². The lowest BCUT2D eigenvalue weighted by molar-refractivity contribution is -0.138. The van der Waals surface area contributed by atoms with Gasteiger partial charge in [-0.15, -0.1) is 0 Å². The Labute approximate surface area is 150 Å². The maximum atomic E-state index is 13.4. The Morgan fingerprint density at radius 2 is 2.00 bits per heavy atom. The van der Waals surface area contributed by atoms with Gasteiger partial charge in [-0.3, -0.25) is 14.4 Å². The van der Waals surface area contributed by atoms with Crippen LogP contribution in [0.1, 0.15) is 65.7 Å². The van der Waals surface area contributed by atoms with Gasteiger partial charge in [-0.25, -0.2) is 0 Å². The maximum absolute atomic E-state index is 13.4. The number of rotatable bonds is 4. The van der Waals surface area contributed by atoms with E-state index >= 15 is 0 Å². The summed E-state index contributed by atoms with van der Waals surface area (Å²) in [5, 5.41) is 9.60. The second-order valence-electron chi connectivity index (χ2n) is 8.81. The first-order chi connectivity index (χ1) is 11.7. The molecule has 25 heavy (non-hydrogen) atoms. The van der Waals surface area contributed by atoms with E-state index in [4.69, 9.17) is 0 Å². The predicted molar refractivity (Wildman–Crippen MR) is 94.9 cm³/mol. The van der Waals surface area contributed by atoms with Crippen molar-refractivity contribution >= 4 is 17.3 Å². The monoisotopic (exact) mass is 346 g/mol. The van der Waals surface area contributed by atoms with Gasteiger partial charge in [0.25, 0.3) is 0 Å². The number of carbonyl (C=O) groups is 3. The van der Waals surface area contributed by atoms with E-state index in [1.807, 2.05) is 6.92 Å². The van der Waals surface area contributed by atoms with Crippen LogP contribution in [0.15, 0.2) is 11.6 Å². The van der Waals surface area contributed by atoms with Crippen LogP contribution in [-0.2, 0) is 14.4 Å². The van der Waals surface area contributed by atoms with Gasteiger partial charge in [-0.2, -0.15) is 0 Å². The molecule has 0 aliphatic heterocycles. The van der Waals surface area contributed by atoms with Crippen molar-refractivity contribution in [1.82, 2.24) is 0 Å². The second kappa shape index (κ2) is 6.46. The van der Waals surface area contributed by atoms with Crippen molar-refractivity contribution in [2.45, 2.75) is 65.7 Å². The van der Waals surface area contributed by atoms with Gasteiger partial charge in [0.15, 0.2) is 0 Å². The molecule has 0 aromatic rings. The van der Waals surface area contributed by atoms with Crippen molar-refractivity contribution in [2.75, 3.05) is 6.61 Å². The molecule has 0 aromatic carbocycles. The predicted octanol–water partition coefficient (Wildman–Crippen LogP) is 3.27. The minimum atomic E-state index is -0.509. The first-order valence-corrected chi connectivity index (χ1v) is 9.61. The molecule has 4 heteroatoms. The normalized spacial score (nSPS) is 41.4. The van der Waals surface area contributed by atoms with E-state index in [1.54, 1.807) is 6.92 Å². The van der Waals surface area contributed by atoms with Crippen LogP contribution < -0.4 is 0 Å². The molecule has 0 amide bonds. The Morgan fingerprint density at radius 1 is 1.28 bits per heavy atom. The lowest BCUT2D eigenvalue weighted by Gasteiger charge is -2.46. The first kappa shape index (κ1) is 18.5. The zero-order valence-corrected chi connectivity index (χ0v) is 15.6. The Morgan fingerprint density at radius 3 is 2.64 bits per heavy atom.